The van der Waals surface area contributed by atoms with E-state index in [1.165, 1.54) is 10.4 Å². The van der Waals surface area contributed by atoms with E-state index >= 15 is 0 Å². The lowest BCUT2D eigenvalue weighted by atomic mass is 10.2. The van der Waals surface area contributed by atoms with Gasteiger partial charge in [-0.1, -0.05) is 6.92 Å². The summed E-state index contributed by atoms with van der Waals surface area (Å²) in [4.78, 5) is 1.41. The van der Waals surface area contributed by atoms with Crippen molar-refractivity contribution < 1.29 is 0 Å². The molecular weight excluding hydrogens is 242 g/mol. The van der Waals surface area contributed by atoms with Crippen molar-refractivity contribution in [2.45, 2.75) is 26.4 Å². The fraction of sp³-hybridized carbons (Fsp3) is 0.357. The van der Waals surface area contributed by atoms with Gasteiger partial charge < -0.3 is 9.88 Å². The molecule has 18 heavy (non-hydrogen) atoms. The molecule has 3 nitrogen and oxygen atoms in total. The van der Waals surface area contributed by atoms with E-state index in [9.17, 15) is 0 Å². The van der Waals surface area contributed by atoms with Gasteiger partial charge in [0.05, 0.1) is 0 Å². The fourth-order valence-electron chi connectivity index (χ4n) is 2.00. The van der Waals surface area contributed by atoms with Crippen LogP contribution in [0.15, 0.2) is 23.7 Å². The van der Waals surface area contributed by atoms with E-state index in [1.807, 2.05) is 23.9 Å². The van der Waals surface area contributed by atoms with E-state index in [0.29, 0.717) is 5.69 Å². The van der Waals surface area contributed by atoms with Gasteiger partial charge in [-0.15, -0.1) is 11.3 Å². The molecule has 2 heterocycles. The zero-order valence-corrected chi connectivity index (χ0v) is 11.5. The molecule has 0 aliphatic rings. The SMILES string of the molecule is CCc1ccsc1CNCc1cc(C#N)n(C)c1. The van der Waals surface area contributed by atoms with Gasteiger partial charge in [0.15, 0.2) is 0 Å². The lowest BCUT2D eigenvalue weighted by Crippen LogP contribution is -2.12. The number of thiophene rings is 1. The molecule has 0 amide bonds. The molecule has 0 saturated carbocycles. The predicted molar refractivity (Wildman–Crippen MR) is 74.4 cm³/mol. The van der Waals surface area contributed by atoms with Gasteiger partial charge in [-0.25, -0.2) is 0 Å². The van der Waals surface area contributed by atoms with E-state index in [1.54, 1.807) is 11.3 Å². The fourth-order valence-corrected chi connectivity index (χ4v) is 2.94. The third-order valence-corrected chi connectivity index (χ3v) is 3.97. The third kappa shape index (κ3) is 2.81. The normalized spacial score (nSPS) is 10.5. The minimum absolute atomic E-state index is 0.706. The molecule has 2 rings (SSSR count). The van der Waals surface area contributed by atoms with Crippen molar-refractivity contribution in [1.29, 1.82) is 5.26 Å². The second-order valence-electron chi connectivity index (χ2n) is 4.28. The maximum absolute atomic E-state index is 8.89. The molecule has 0 fully saturated rings. The molecule has 2 aromatic heterocycles. The molecule has 0 aliphatic carbocycles. The summed E-state index contributed by atoms with van der Waals surface area (Å²) in [5.74, 6) is 0. The van der Waals surface area contributed by atoms with Crippen LogP contribution >= 0.6 is 11.3 Å². The summed E-state index contributed by atoms with van der Waals surface area (Å²) in [6, 6.07) is 6.30. The highest BCUT2D eigenvalue weighted by molar-refractivity contribution is 7.10. The van der Waals surface area contributed by atoms with Crippen molar-refractivity contribution in [2.75, 3.05) is 0 Å². The second-order valence-corrected chi connectivity index (χ2v) is 5.28. The Balaban J connectivity index is 1.90. The number of aryl methyl sites for hydroxylation is 2. The maximum Gasteiger partial charge on any atom is 0.120 e. The number of rotatable bonds is 5. The first-order valence-electron chi connectivity index (χ1n) is 6.06. The quantitative estimate of drug-likeness (QED) is 0.897. The molecule has 0 saturated heterocycles. The van der Waals surface area contributed by atoms with Crippen LogP contribution in [0.1, 0.15) is 28.6 Å². The molecule has 4 heteroatoms. The molecule has 1 N–H and O–H groups in total. The van der Waals surface area contributed by atoms with Gasteiger partial charge in [0.25, 0.3) is 0 Å². The second kappa shape index (κ2) is 5.85. The minimum atomic E-state index is 0.706. The number of nitrogens with one attached hydrogen (secondary N) is 1. The van der Waals surface area contributed by atoms with Crippen molar-refractivity contribution in [3.8, 4) is 6.07 Å². The average Bonchev–Trinajstić information content (AvgIpc) is 2.95. The van der Waals surface area contributed by atoms with Crippen molar-refractivity contribution in [1.82, 2.24) is 9.88 Å². The predicted octanol–water partition coefficient (Wildman–Crippen LogP) is 2.81. The van der Waals surface area contributed by atoms with Gasteiger partial charge in [0.1, 0.15) is 11.8 Å². The number of hydrogen-bond acceptors (Lipinski definition) is 3. The zero-order valence-electron chi connectivity index (χ0n) is 10.7. The summed E-state index contributed by atoms with van der Waals surface area (Å²) in [5.41, 5.74) is 3.29. The molecule has 2 aromatic rings. The van der Waals surface area contributed by atoms with Gasteiger partial charge in [0, 0.05) is 31.2 Å². The largest absolute Gasteiger partial charge is 0.342 e. The van der Waals surface area contributed by atoms with Gasteiger partial charge in [-0.05, 0) is 35.1 Å². The van der Waals surface area contributed by atoms with Crippen molar-refractivity contribution >= 4 is 11.3 Å². The van der Waals surface area contributed by atoms with Crippen LogP contribution in [0.2, 0.25) is 0 Å². The van der Waals surface area contributed by atoms with Crippen LogP contribution in [0, 0.1) is 11.3 Å². The lowest BCUT2D eigenvalue weighted by molar-refractivity contribution is 0.695. The monoisotopic (exact) mass is 259 g/mol. The number of nitriles is 1. The Bertz CT molecular complexity index is 560. The summed E-state index contributed by atoms with van der Waals surface area (Å²) >= 11 is 1.80. The number of nitrogens with zero attached hydrogens (tertiary/aromatic N) is 2. The Labute approximate surface area is 112 Å². The van der Waals surface area contributed by atoms with Crippen LogP contribution in [-0.2, 0) is 26.6 Å². The number of hydrogen-bond donors (Lipinski definition) is 1. The molecule has 0 unspecified atom stereocenters. The molecule has 0 bridgehead atoms. The number of aromatic nitrogens is 1. The van der Waals surface area contributed by atoms with Gasteiger partial charge in [0.2, 0.25) is 0 Å². The Morgan fingerprint density at radius 2 is 2.28 bits per heavy atom. The maximum atomic E-state index is 8.89. The Hall–Kier alpha value is -1.57. The minimum Gasteiger partial charge on any atom is -0.342 e. The lowest BCUT2D eigenvalue weighted by Gasteiger charge is -2.03. The standard InChI is InChI=1S/C14H17N3S/c1-3-12-4-5-18-14(12)9-16-8-11-6-13(7-15)17(2)10-11/h4-6,10,16H,3,8-9H2,1-2H3. The van der Waals surface area contributed by atoms with Crippen LogP contribution in [0.5, 0.6) is 0 Å². The van der Waals surface area contributed by atoms with E-state index in [2.05, 4.69) is 29.8 Å². The van der Waals surface area contributed by atoms with Crippen molar-refractivity contribution in [3.63, 3.8) is 0 Å². The molecule has 0 spiro atoms. The van der Waals surface area contributed by atoms with Crippen molar-refractivity contribution in [3.05, 3.63) is 45.4 Å². The summed E-state index contributed by atoms with van der Waals surface area (Å²) < 4.78 is 1.86. The van der Waals surface area contributed by atoms with Crippen LogP contribution < -0.4 is 5.32 Å². The highest BCUT2D eigenvalue weighted by Crippen LogP contribution is 2.17. The summed E-state index contributed by atoms with van der Waals surface area (Å²) in [5, 5.41) is 14.5. The van der Waals surface area contributed by atoms with Gasteiger partial charge >= 0.3 is 0 Å². The van der Waals surface area contributed by atoms with E-state index < -0.39 is 0 Å². The molecule has 0 radical (unpaired) electrons. The van der Waals surface area contributed by atoms with Crippen LogP contribution in [-0.4, -0.2) is 4.57 Å². The molecule has 94 valence electrons. The summed E-state index contributed by atoms with van der Waals surface area (Å²) in [6.45, 7) is 3.89. The van der Waals surface area contributed by atoms with Gasteiger partial charge in [-0.2, -0.15) is 5.26 Å². The van der Waals surface area contributed by atoms with E-state index in [4.69, 9.17) is 5.26 Å². The molecule has 0 aliphatic heterocycles. The zero-order chi connectivity index (χ0) is 13.0. The third-order valence-electron chi connectivity index (χ3n) is 3.01. The Morgan fingerprint density at radius 3 is 2.94 bits per heavy atom. The highest BCUT2D eigenvalue weighted by Gasteiger charge is 2.04. The highest BCUT2D eigenvalue weighted by atomic mass is 32.1. The molecular formula is C14H17N3S. The average molecular weight is 259 g/mol. The van der Waals surface area contributed by atoms with Crippen LogP contribution in [0.4, 0.5) is 0 Å². The summed E-state index contributed by atoms with van der Waals surface area (Å²) in [6.07, 6.45) is 3.09. The van der Waals surface area contributed by atoms with Crippen LogP contribution in [0.25, 0.3) is 0 Å². The Kier molecular flexibility index (Phi) is 4.19. The first-order chi connectivity index (χ1) is 8.74. The Morgan fingerprint density at radius 1 is 1.44 bits per heavy atom. The van der Waals surface area contributed by atoms with Gasteiger partial charge in [-0.3, -0.25) is 0 Å². The summed E-state index contributed by atoms with van der Waals surface area (Å²) in [7, 11) is 1.90. The van der Waals surface area contributed by atoms with Crippen LogP contribution in [0.3, 0.4) is 0 Å². The molecule has 0 atom stereocenters. The first kappa shape index (κ1) is 12.9. The smallest absolute Gasteiger partial charge is 0.120 e. The van der Waals surface area contributed by atoms with E-state index in [0.717, 1.165) is 25.1 Å². The van der Waals surface area contributed by atoms with E-state index in [-0.39, 0.29) is 0 Å². The molecule has 0 aromatic carbocycles. The van der Waals surface area contributed by atoms with Crippen molar-refractivity contribution in [2.24, 2.45) is 7.05 Å². The topological polar surface area (TPSA) is 40.8 Å². The first-order valence-corrected chi connectivity index (χ1v) is 6.94.